The van der Waals surface area contributed by atoms with Crippen LogP contribution >= 0.6 is 0 Å². The lowest BCUT2D eigenvalue weighted by atomic mass is 9.90. The minimum Gasteiger partial charge on any atom is -0.367 e. The topological polar surface area (TPSA) is 26.3 Å². The molecule has 2 rings (SSSR count). The fourth-order valence-corrected chi connectivity index (χ4v) is 2.07. The van der Waals surface area contributed by atoms with Crippen LogP contribution in [-0.4, -0.2) is 18.0 Å². The van der Waals surface area contributed by atoms with Crippen molar-refractivity contribution in [3.8, 4) is 0 Å². The maximum atomic E-state index is 12.3. The van der Waals surface area contributed by atoms with Gasteiger partial charge < -0.3 is 4.74 Å². The Hall–Kier alpha value is -1.15. The van der Waals surface area contributed by atoms with Gasteiger partial charge in [-0.25, -0.2) is 0 Å². The van der Waals surface area contributed by atoms with E-state index in [1.807, 2.05) is 38.1 Å². The number of benzene rings is 1. The number of hydrogen-bond donors (Lipinski definition) is 0. The lowest BCUT2D eigenvalue weighted by molar-refractivity contribution is 0.0213. The molecule has 2 nitrogen and oxygen atoms in total. The minimum atomic E-state index is -0.591. The van der Waals surface area contributed by atoms with E-state index >= 15 is 0 Å². The highest BCUT2D eigenvalue weighted by Crippen LogP contribution is 2.29. The Morgan fingerprint density at radius 1 is 1.40 bits per heavy atom. The van der Waals surface area contributed by atoms with Crippen LogP contribution in [-0.2, 0) is 4.74 Å². The molecule has 1 aromatic rings. The smallest absolute Gasteiger partial charge is 0.194 e. The van der Waals surface area contributed by atoms with E-state index in [1.54, 1.807) is 0 Å². The van der Waals surface area contributed by atoms with E-state index in [0.717, 1.165) is 24.0 Å². The average Bonchev–Trinajstić information content (AvgIpc) is 2.66. The Balaban J connectivity index is 2.32. The summed E-state index contributed by atoms with van der Waals surface area (Å²) < 4.78 is 5.56. The van der Waals surface area contributed by atoms with E-state index in [9.17, 15) is 4.79 Å². The van der Waals surface area contributed by atoms with Gasteiger partial charge >= 0.3 is 0 Å². The summed E-state index contributed by atoms with van der Waals surface area (Å²) in [5.74, 6) is 0.123. The standard InChI is InChI=1S/C13H16O2/c1-10-6-3-4-7-11(10)12(14)13(2)8-5-9-15-13/h3-4,6-7H,5,8-9H2,1-2H3. The maximum absolute atomic E-state index is 12.3. The number of rotatable bonds is 2. The van der Waals surface area contributed by atoms with Crippen LogP contribution in [0.5, 0.6) is 0 Å². The molecule has 1 aliphatic heterocycles. The number of carbonyl (C=O) groups is 1. The number of Topliss-reactive ketones (excluding diaryl/α,β-unsaturated/α-hetero) is 1. The zero-order valence-electron chi connectivity index (χ0n) is 9.25. The highest BCUT2D eigenvalue weighted by Gasteiger charge is 2.38. The van der Waals surface area contributed by atoms with Crippen molar-refractivity contribution < 1.29 is 9.53 Å². The summed E-state index contributed by atoms with van der Waals surface area (Å²) in [5.41, 5.74) is 1.23. The summed E-state index contributed by atoms with van der Waals surface area (Å²) in [6.45, 7) is 4.56. The molecule has 0 saturated carbocycles. The number of ether oxygens (including phenoxy) is 1. The Bertz CT molecular complexity index is 376. The van der Waals surface area contributed by atoms with Crippen molar-refractivity contribution in [2.24, 2.45) is 0 Å². The van der Waals surface area contributed by atoms with Crippen molar-refractivity contribution in [3.63, 3.8) is 0 Å². The van der Waals surface area contributed by atoms with E-state index in [-0.39, 0.29) is 5.78 Å². The fraction of sp³-hybridized carbons (Fsp3) is 0.462. The molecular weight excluding hydrogens is 188 g/mol. The zero-order valence-corrected chi connectivity index (χ0v) is 9.25. The van der Waals surface area contributed by atoms with Gasteiger partial charge in [-0.3, -0.25) is 4.79 Å². The molecule has 1 fully saturated rings. The SMILES string of the molecule is Cc1ccccc1C(=O)C1(C)CCCO1. The molecule has 0 bridgehead atoms. The quantitative estimate of drug-likeness (QED) is 0.692. The summed E-state index contributed by atoms with van der Waals surface area (Å²) in [6, 6.07) is 7.69. The van der Waals surface area contributed by atoms with Gasteiger partial charge in [0, 0.05) is 12.2 Å². The first-order valence-electron chi connectivity index (χ1n) is 5.38. The maximum Gasteiger partial charge on any atom is 0.194 e. The van der Waals surface area contributed by atoms with Crippen LogP contribution < -0.4 is 0 Å². The number of ketones is 1. The van der Waals surface area contributed by atoms with Crippen molar-refractivity contribution in [2.45, 2.75) is 32.3 Å². The first kappa shape index (κ1) is 10.4. The van der Waals surface area contributed by atoms with Gasteiger partial charge in [0.15, 0.2) is 5.78 Å². The Morgan fingerprint density at radius 3 is 2.73 bits per heavy atom. The lowest BCUT2D eigenvalue weighted by Gasteiger charge is -2.22. The van der Waals surface area contributed by atoms with Crippen molar-refractivity contribution >= 4 is 5.78 Å². The van der Waals surface area contributed by atoms with Crippen LogP contribution in [0.3, 0.4) is 0 Å². The van der Waals surface area contributed by atoms with Crippen molar-refractivity contribution in [1.29, 1.82) is 0 Å². The van der Waals surface area contributed by atoms with Crippen LogP contribution in [0.4, 0.5) is 0 Å². The van der Waals surface area contributed by atoms with E-state index in [1.165, 1.54) is 0 Å². The molecular formula is C13H16O2. The minimum absolute atomic E-state index is 0.123. The van der Waals surface area contributed by atoms with Crippen molar-refractivity contribution in [1.82, 2.24) is 0 Å². The Labute approximate surface area is 90.3 Å². The van der Waals surface area contributed by atoms with Crippen LogP contribution in [0, 0.1) is 6.92 Å². The molecule has 0 aliphatic carbocycles. The first-order chi connectivity index (χ1) is 7.13. The summed E-state index contributed by atoms with van der Waals surface area (Å²) in [7, 11) is 0. The second-order valence-electron chi connectivity index (χ2n) is 4.33. The number of hydrogen-bond acceptors (Lipinski definition) is 2. The van der Waals surface area contributed by atoms with E-state index in [2.05, 4.69) is 0 Å². The third-order valence-electron chi connectivity index (χ3n) is 3.09. The first-order valence-corrected chi connectivity index (χ1v) is 5.38. The molecule has 0 radical (unpaired) electrons. The molecule has 0 N–H and O–H groups in total. The molecule has 1 saturated heterocycles. The normalized spacial score (nSPS) is 25.5. The second kappa shape index (κ2) is 3.78. The molecule has 2 heteroatoms. The molecule has 0 spiro atoms. The monoisotopic (exact) mass is 204 g/mol. The largest absolute Gasteiger partial charge is 0.367 e. The molecule has 0 aromatic heterocycles. The molecule has 80 valence electrons. The molecule has 0 amide bonds. The van der Waals surface area contributed by atoms with Gasteiger partial charge in [-0.2, -0.15) is 0 Å². The third kappa shape index (κ3) is 1.82. The summed E-state index contributed by atoms with van der Waals surface area (Å²) >= 11 is 0. The molecule has 15 heavy (non-hydrogen) atoms. The zero-order chi connectivity index (χ0) is 10.9. The van der Waals surface area contributed by atoms with Gasteiger partial charge in [-0.15, -0.1) is 0 Å². The highest BCUT2D eigenvalue weighted by atomic mass is 16.5. The van der Waals surface area contributed by atoms with E-state index < -0.39 is 5.60 Å². The van der Waals surface area contributed by atoms with Crippen molar-refractivity contribution in [2.75, 3.05) is 6.61 Å². The summed E-state index contributed by atoms with van der Waals surface area (Å²) in [5, 5.41) is 0. The van der Waals surface area contributed by atoms with Gasteiger partial charge in [0.25, 0.3) is 0 Å². The molecule has 1 heterocycles. The van der Waals surface area contributed by atoms with Gasteiger partial charge in [0.2, 0.25) is 0 Å². The fourth-order valence-electron chi connectivity index (χ4n) is 2.07. The van der Waals surface area contributed by atoms with E-state index in [0.29, 0.717) is 6.61 Å². The third-order valence-corrected chi connectivity index (χ3v) is 3.09. The highest BCUT2D eigenvalue weighted by molar-refractivity contribution is 6.03. The molecule has 1 atom stereocenters. The van der Waals surface area contributed by atoms with Crippen LogP contribution in [0.1, 0.15) is 35.7 Å². The second-order valence-corrected chi connectivity index (χ2v) is 4.33. The van der Waals surface area contributed by atoms with Crippen LogP contribution in [0.2, 0.25) is 0 Å². The Kier molecular flexibility index (Phi) is 2.61. The molecule has 1 aliphatic rings. The average molecular weight is 204 g/mol. The van der Waals surface area contributed by atoms with Gasteiger partial charge in [-0.05, 0) is 32.3 Å². The number of carbonyl (C=O) groups excluding carboxylic acids is 1. The lowest BCUT2D eigenvalue weighted by Crippen LogP contribution is -2.34. The van der Waals surface area contributed by atoms with Crippen molar-refractivity contribution in [3.05, 3.63) is 35.4 Å². The van der Waals surface area contributed by atoms with Crippen LogP contribution in [0.25, 0.3) is 0 Å². The summed E-state index contributed by atoms with van der Waals surface area (Å²) in [4.78, 5) is 12.3. The predicted molar refractivity (Wildman–Crippen MR) is 59.1 cm³/mol. The summed E-state index contributed by atoms with van der Waals surface area (Å²) in [6.07, 6.45) is 1.81. The Morgan fingerprint density at radius 2 is 2.13 bits per heavy atom. The van der Waals surface area contributed by atoms with E-state index in [4.69, 9.17) is 4.74 Å². The van der Waals surface area contributed by atoms with Gasteiger partial charge in [-0.1, -0.05) is 24.3 Å². The predicted octanol–water partition coefficient (Wildman–Crippen LogP) is 2.75. The molecule has 1 unspecified atom stereocenters. The molecule has 1 aromatic carbocycles. The van der Waals surface area contributed by atoms with Gasteiger partial charge in [0.1, 0.15) is 5.60 Å². The van der Waals surface area contributed by atoms with Crippen LogP contribution in [0.15, 0.2) is 24.3 Å². The number of aryl methyl sites for hydroxylation is 1. The van der Waals surface area contributed by atoms with Gasteiger partial charge in [0.05, 0.1) is 0 Å².